The highest BCUT2D eigenvalue weighted by molar-refractivity contribution is 7.91. The Morgan fingerprint density at radius 2 is 1.19 bits per heavy atom. The Balaban J connectivity index is 1.29. The first-order valence-electron chi connectivity index (χ1n) is 37.6. The highest BCUT2D eigenvalue weighted by Gasteiger charge is 2.52. The second-order valence-corrected chi connectivity index (χ2v) is 34.2. The number of amides is 12. The molecule has 11 atom stereocenters. The van der Waals surface area contributed by atoms with Gasteiger partial charge in [0.15, 0.2) is 9.84 Å². The third-order valence-corrected chi connectivity index (χ3v) is 25.5. The quantitative estimate of drug-likeness (QED) is 0.236. The summed E-state index contributed by atoms with van der Waals surface area (Å²) in [5, 5.41) is 7.52. The van der Waals surface area contributed by atoms with Crippen LogP contribution in [0.1, 0.15) is 188 Å². The lowest BCUT2D eigenvalue weighted by Crippen LogP contribution is -2.65. The Labute approximate surface area is 611 Å². The molecule has 31 heteroatoms. The van der Waals surface area contributed by atoms with Crippen LogP contribution in [0.5, 0.6) is 0 Å². The number of hydrogen-bond donors (Lipinski definition) is 3. The number of alkyl halides is 4. The van der Waals surface area contributed by atoms with Gasteiger partial charge in [-0.15, -0.1) is 11.6 Å². The summed E-state index contributed by atoms with van der Waals surface area (Å²) in [5.41, 5.74) is -1.61. The van der Waals surface area contributed by atoms with Crippen molar-refractivity contribution in [3.63, 3.8) is 0 Å². The lowest BCUT2D eigenvalue weighted by atomic mass is 9.78. The molecule has 0 radical (unpaired) electrons. The van der Waals surface area contributed by atoms with Crippen LogP contribution in [0.2, 0.25) is 0 Å². The molecule has 582 valence electrons. The number of carbonyl (C=O) groups is 12. The minimum absolute atomic E-state index is 0.0165. The molecule has 4 saturated carbocycles. The number of halogens is 4. The highest BCUT2D eigenvalue weighted by atomic mass is 35.5. The molecule has 103 heavy (non-hydrogen) atoms. The fraction of sp³-hybridized carbons (Fsp3) is 0.833. The van der Waals surface area contributed by atoms with Gasteiger partial charge >= 0.3 is 6.18 Å². The molecule has 7 aliphatic rings. The summed E-state index contributed by atoms with van der Waals surface area (Å²) < 4.78 is 67.6. The molecule has 0 aromatic heterocycles. The van der Waals surface area contributed by atoms with Gasteiger partial charge in [0.05, 0.1) is 43.5 Å². The van der Waals surface area contributed by atoms with E-state index in [0.717, 1.165) is 58.1 Å². The second-order valence-electron chi connectivity index (χ2n) is 31.3. The molecule has 3 unspecified atom stereocenters. The number of nitrogens with zero attached hydrogens (tertiary/aromatic N) is 9. The number of sulfone groups is 1. The van der Waals surface area contributed by atoms with Crippen LogP contribution in [0.4, 0.5) is 13.2 Å². The molecule has 3 saturated heterocycles. The van der Waals surface area contributed by atoms with Crippen LogP contribution in [0.3, 0.4) is 0 Å². The molecular weight excluding hydrogens is 1380 g/mol. The van der Waals surface area contributed by atoms with Crippen LogP contribution in [0.25, 0.3) is 0 Å². The lowest BCUT2D eigenvalue weighted by molar-refractivity contribution is -0.182. The number of rotatable bonds is 11. The van der Waals surface area contributed by atoms with E-state index < -0.39 is 184 Å². The van der Waals surface area contributed by atoms with E-state index in [9.17, 15) is 50.4 Å². The maximum atomic E-state index is 15.8. The lowest BCUT2D eigenvalue weighted by Gasteiger charge is -2.43. The molecule has 12 amide bonds. The van der Waals surface area contributed by atoms with E-state index in [0.29, 0.717) is 51.4 Å². The van der Waals surface area contributed by atoms with Crippen LogP contribution in [-0.2, 0) is 67.4 Å². The zero-order chi connectivity index (χ0) is 76.2. The van der Waals surface area contributed by atoms with E-state index in [1.54, 1.807) is 6.92 Å². The monoisotopic (exact) mass is 1500 g/mol. The molecule has 0 aromatic rings. The van der Waals surface area contributed by atoms with E-state index in [1.807, 2.05) is 20.8 Å². The van der Waals surface area contributed by atoms with Gasteiger partial charge in [-0.05, 0) is 113 Å². The predicted molar refractivity (Wildman–Crippen MR) is 379 cm³/mol. The van der Waals surface area contributed by atoms with E-state index in [-0.39, 0.29) is 113 Å². The predicted octanol–water partition coefficient (Wildman–Crippen LogP) is 4.73. The first kappa shape index (κ1) is 83.9. The summed E-state index contributed by atoms with van der Waals surface area (Å²) >= 11 is 6.40. The van der Waals surface area contributed by atoms with Crippen molar-refractivity contribution in [2.75, 3.05) is 100 Å². The Morgan fingerprint density at radius 1 is 0.602 bits per heavy atom. The molecular formula is C72H116ClF3N12O14S. The minimum atomic E-state index is -4.52. The van der Waals surface area contributed by atoms with Gasteiger partial charge in [0.25, 0.3) is 0 Å². The number of nitrogens with one attached hydrogen (secondary N) is 3. The molecule has 3 N–H and O–H groups in total. The van der Waals surface area contributed by atoms with Gasteiger partial charge in [-0.3, -0.25) is 57.5 Å². The van der Waals surface area contributed by atoms with Gasteiger partial charge in [-0.2, -0.15) is 13.2 Å². The van der Waals surface area contributed by atoms with Crippen molar-refractivity contribution in [1.82, 2.24) is 60.0 Å². The van der Waals surface area contributed by atoms with Crippen molar-refractivity contribution in [3.8, 4) is 0 Å². The molecule has 7 rings (SSSR count). The summed E-state index contributed by atoms with van der Waals surface area (Å²) in [7, 11) is 6.22. The molecule has 3 aliphatic heterocycles. The molecule has 3 heterocycles. The van der Waals surface area contributed by atoms with Crippen LogP contribution >= 0.6 is 11.6 Å². The third kappa shape index (κ3) is 21.5. The van der Waals surface area contributed by atoms with Gasteiger partial charge in [0, 0.05) is 74.3 Å². The highest BCUT2D eigenvalue weighted by Crippen LogP contribution is 2.44. The Hall–Kier alpha value is -6.33. The van der Waals surface area contributed by atoms with E-state index in [2.05, 4.69) is 16.0 Å². The third-order valence-electron chi connectivity index (χ3n) is 23.4. The molecule has 26 nitrogen and oxygen atoms in total. The average Bonchev–Trinajstić information content (AvgIpc) is 1.76. The van der Waals surface area contributed by atoms with E-state index in [4.69, 9.17) is 11.6 Å². The van der Waals surface area contributed by atoms with Crippen molar-refractivity contribution in [3.05, 3.63) is 0 Å². The first-order valence-corrected chi connectivity index (χ1v) is 39.9. The van der Waals surface area contributed by atoms with Crippen LogP contribution in [0.15, 0.2) is 0 Å². The fourth-order valence-electron chi connectivity index (χ4n) is 16.6. The average molecular weight is 1500 g/mol. The van der Waals surface area contributed by atoms with E-state index >= 15 is 28.8 Å². The molecule has 0 bridgehead atoms. The van der Waals surface area contributed by atoms with Gasteiger partial charge in [-0.1, -0.05) is 98.3 Å². The van der Waals surface area contributed by atoms with Gasteiger partial charge < -0.3 is 60.0 Å². The maximum Gasteiger partial charge on any atom is 0.393 e. The van der Waals surface area contributed by atoms with Gasteiger partial charge in [0.2, 0.25) is 70.9 Å². The summed E-state index contributed by atoms with van der Waals surface area (Å²) in [6.45, 7) is 5.07. The first-order chi connectivity index (χ1) is 48.4. The smallest absolute Gasteiger partial charge is 0.343 e. The second kappa shape index (κ2) is 36.8. The largest absolute Gasteiger partial charge is 0.393 e. The summed E-state index contributed by atoms with van der Waals surface area (Å²) in [4.78, 5) is 191. The number of carbonyl (C=O) groups excluding carboxylic acids is 12. The fourth-order valence-corrected chi connectivity index (χ4v) is 18.4. The minimum Gasteiger partial charge on any atom is -0.343 e. The van der Waals surface area contributed by atoms with Crippen molar-refractivity contribution in [1.29, 1.82) is 0 Å². The zero-order valence-electron chi connectivity index (χ0n) is 62.6. The maximum absolute atomic E-state index is 15.8. The van der Waals surface area contributed by atoms with Crippen LogP contribution < -0.4 is 16.0 Å². The normalized spacial score (nSPS) is 30.1. The Bertz CT molecular complexity index is 3150. The van der Waals surface area contributed by atoms with Crippen molar-refractivity contribution >= 4 is 92.3 Å². The topological polar surface area (TPSA) is 304 Å². The number of likely N-dealkylation sites (N-methyl/N-ethyl adjacent to an activating group) is 7. The number of fused-ring (bicyclic) bond motifs is 1. The Kier molecular flexibility index (Phi) is 30.0. The van der Waals surface area contributed by atoms with Crippen molar-refractivity contribution < 1.29 is 79.1 Å². The summed E-state index contributed by atoms with van der Waals surface area (Å²) in [6.07, 6.45) is 4.65. The Morgan fingerprint density at radius 3 is 1.79 bits per heavy atom. The summed E-state index contributed by atoms with van der Waals surface area (Å²) in [5.74, 6) is -12.4. The SMILES string of the molecule is CC[C@H](C)[C@@H]1NC(=O)[C@H](CC(C)C)N(C)C(=O)C[C@@H](C(=O)N2CCS(=O)(=O)CC2)N(C)C(=O)[C@H](C2CCCCC2)N(C)C(=O)C2(CCCC2)NC(=O)[C@@H]2CCCN2C(=O)[C@H](CCC2CCC(C(F)(F)F)C(Cl)C2)NC(=O)CN(C)C(=O)[C@H](CC2CCCCC2)N(C)C(=O)CN(C)C(=O)CN(C)C1=O. The van der Waals surface area contributed by atoms with Crippen molar-refractivity contribution in [2.24, 2.45) is 35.5 Å². The molecule has 1 spiro atoms. The molecule has 4 aliphatic carbocycles. The van der Waals surface area contributed by atoms with Gasteiger partial charge in [0.1, 0.15) is 47.8 Å². The standard InChI is InChI=1S/C72H116ClF3N12O14S/c1-12-46(4)61-68(98)82(7)43-59(91)80(5)44-60(92)84(9)55(40-47-22-15-13-16-23-47)66(96)81(6)42-57(89)77-52(30-28-48-27-29-50(51(73)39-48)72(74,75)76)65(95)88-33-21-26-53(88)64(94)79-71(31-19-20-32-71)70(100)86(11)62(49-24-17-14-18-25-49)69(99)85(10)56(67(97)87-34-36-103(101,102)37-35-87)41-58(90)83(8)54(38-45(2)3)63(93)78-61/h45-56,61-62H,12-44H2,1-11H3,(H,77,89)(H,78,93)(H,79,94)/t46-,48?,50?,51?,52-,53-,54-,55-,56-,61-,62-/m0/s1. The number of hydrogen-bond acceptors (Lipinski definition) is 14. The van der Waals surface area contributed by atoms with Crippen molar-refractivity contribution in [2.45, 2.75) is 248 Å². The molecule has 0 aromatic carbocycles. The molecule has 7 fully saturated rings. The van der Waals surface area contributed by atoms with Gasteiger partial charge in [-0.25, -0.2) is 8.42 Å². The van der Waals surface area contributed by atoms with Crippen LogP contribution in [-0.4, -0.2) is 283 Å². The van der Waals surface area contributed by atoms with Crippen LogP contribution in [0, 0.1) is 35.5 Å². The van der Waals surface area contributed by atoms with E-state index in [1.165, 1.54) is 73.8 Å². The zero-order valence-corrected chi connectivity index (χ0v) is 64.2. The summed E-state index contributed by atoms with van der Waals surface area (Å²) in [6, 6.07) is -9.07.